The number of piperazine rings is 1. The highest BCUT2D eigenvalue weighted by molar-refractivity contribution is 5.85. The number of aliphatic hydroxyl groups is 1. The van der Waals surface area contributed by atoms with E-state index in [4.69, 9.17) is 0 Å². The smallest absolute Gasteiger partial charge is 0.272 e. The number of aliphatic hydroxyl groups excluding tert-OH is 1. The maximum absolute atomic E-state index is 11.1. The molecular weight excluding hydrogens is 294 g/mol. The minimum Gasteiger partial charge on any atom is -0.396 e. The number of hydrogen-bond donors (Lipinski definition) is 2. The summed E-state index contributed by atoms with van der Waals surface area (Å²) in [5.41, 5.74) is 1.74. The standard InChI is InChI=1S/C14H21N3O3.ClH/c1-11-2-3-12(10-14(11)17(19)20)13(4-9-18)16-7-5-15-6-8-16;/h2-3,10,13,15,18H,4-9H2,1H3;1H/t13-;/m1./s1. The van der Waals surface area contributed by atoms with Gasteiger partial charge in [-0.15, -0.1) is 12.4 Å². The van der Waals surface area contributed by atoms with Crippen molar-refractivity contribution >= 4 is 18.1 Å². The van der Waals surface area contributed by atoms with E-state index >= 15 is 0 Å². The van der Waals surface area contributed by atoms with Gasteiger partial charge in [0.2, 0.25) is 0 Å². The van der Waals surface area contributed by atoms with Crippen molar-refractivity contribution in [1.29, 1.82) is 0 Å². The zero-order chi connectivity index (χ0) is 14.5. The van der Waals surface area contributed by atoms with Gasteiger partial charge in [0.1, 0.15) is 0 Å². The molecule has 0 aliphatic carbocycles. The third-order valence-electron chi connectivity index (χ3n) is 3.81. The van der Waals surface area contributed by atoms with Crippen molar-refractivity contribution in [2.45, 2.75) is 19.4 Å². The zero-order valence-electron chi connectivity index (χ0n) is 12.1. The fourth-order valence-electron chi connectivity index (χ4n) is 2.71. The predicted octanol–water partition coefficient (Wildman–Crippen LogP) is 1.65. The van der Waals surface area contributed by atoms with Crippen LogP contribution < -0.4 is 5.32 Å². The largest absolute Gasteiger partial charge is 0.396 e. The summed E-state index contributed by atoms with van der Waals surface area (Å²) in [5.74, 6) is 0. The third-order valence-corrected chi connectivity index (χ3v) is 3.81. The molecule has 0 unspecified atom stereocenters. The van der Waals surface area contributed by atoms with Gasteiger partial charge < -0.3 is 10.4 Å². The van der Waals surface area contributed by atoms with Crippen LogP contribution in [0.1, 0.15) is 23.6 Å². The summed E-state index contributed by atoms with van der Waals surface area (Å²) >= 11 is 0. The maximum atomic E-state index is 11.1. The molecule has 0 amide bonds. The van der Waals surface area contributed by atoms with Crippen LogP contribution in [0.25, 0.3) is 0 Å². The highest BCUT2D eigenvalue weighted by Gasteiger charge is 2.23. The highest BCUT2D eigenvalue weighted by Crippen LogP contribution is 2.29. The average molecular weight is 316 g/mol. The normalized spacial score (nSPS) is 17.0. The molecule has 0 aromatic heterocycles. The first-order chi connectivity index (χ1) is 9.63. The molecule has 21 heavy (non-hydrogen) atoms. The second kappa shape index (κ2) is 8.29. The molecule has 1 aliphatic rings. The summed E-state index contributed by atoms with van der Waals surface area (Å²) in [6, 6.07) is 5.42. The molecule has 1 aromatic rings. The van der Waals surface area contributed by atoms with Gasteiger partial charge >= 0.3 is 0 Å². The minimum absolute atomic E-state index is 0. The molecule has 0 saturated carbocycles. The van der Waals surface area contributed by atoms with Crippen molar-refractivity contribution in [3.05, 3.63) is 39.4 Å². The Morgan fingerprint density at radius 3 is 2.67 bits per heavy atom. The third kappa shape index (κ3) is 4.38. The summed E-state index contributed by atoms with van der Waals surface area (Å²) in [6.07, 6.45) is 0.597. The van der Waals surface area contributed by atoms with E-state index in [1.54, 1.807) is 19.1 Å². The van der Waals surface area contributed by atoms with Gasteiger partial charge in [-0.25, -0.2) is 0 Å². The van der Waals surface area contributed by atoms with Crippen LogP contribution in [-0.4, -0.2) is 47.7 Å². The molecule has 0 bridgehead atoms. The van der Waals surface area contributed by atoms with E-state index in [0.29, 0.717) is 12.0 Å². The van der Waals surface area contributed by atoms with Crippen molar-refractivity contribution in [2.24, 2.45) is 0 Å². The summed E-state index contributed by atoms with van der Waals surface area (Å²) < 4.78 is 0. The van der Waals surface area contributed by atoms with Gasteiger partial charge in [-0.3, -0.25) is 15.0 Å². The van der Waals surface area contributed by atoms with Crippen LogP contribution >= 0.6 is 12.4 Å². The van der Waals surface area contributed by atoms with E-state index in [-0.39, 0.29) is 35.7 Å². The van der Waals surface area contributed by atoms with E-state index in [1.165, 1.54) is 0 Å². The molecule has 6 nitrogen and oxygen atoms in total. The molecule has 1 fully saturated rings. The Kier molecular flexibility index (Phi) is 7.04. The number of nitro groups is 1. The van der Waals surface area contributed by atoms with E-state index in [9.17, 15) is 15.2 Å². The fraction of sp³-hybridized carbons (Fsp3) is 0.571. The Hall–Kier alpha value is -1.21. The van der Waals surface area contributed by atoms with Crippen molar-refractivity contribution in [3.8, 4) is 0 Å². The second-order valence-electron chi connectivity index (χ2n) is 5.12. The van der Waals surface area contributed by atoms with Gasteiger partial charge in [0.15, 0.2) is 0 Å². The van der Waals surface area contributed by atoms with Crippen molar-refractivity contribution in [1.82, 2.24) is 10.2 Å². The maximum Gasteiger partial charge on any atom is 0.272 e. The van der Waals surface area contributed by atoms with E-state index in [1.807, 2.05) is 6.07 Å². The molecule has 1 heterocycles. The second-order valence-corrected chi connectivity index (χ2v) is 5.12. The Labute approximate surface area is 130 Å². The van der Waals surface area contributed by atoms with Crippen molar-refractivity contribution in [2.75, 3.05) is 32.8 Å². The summed E-state index contributed by atoms with van der Waals surface area (Å²) in [5, 5.41) is 23.6. The lowest BCUT2D eigenvalue weighted by molar-refractivity contribution is -0.385. The number of nitrogens with zero attached hydrogens (tertiary/aromatic N) is 2. The number of halogens is 1. The minimum atomic E-state index is -0.341. The highest BCUT2D eigenvalue weighted by atomic mass is 35.5. The molecule has 1 aromatic carbocycles. The quantitative estimate of drug-likeness (QED) is 0.638. The summed E-state index contributed by atoms with van der Waals surface area (Å²) in [6.45, 7) is 5.44. The van der Waals surface area contributed by atoms with Crippen LogP contribution in [0.2, 0.25) is 0 Å². The molecule has 1 atom stereocenters. The first-order valence-electron chi connectivity index (χ1n) is 6.94. The molecule has 118 valence electrons. The molecule has 2 N–H and O–H groups in total. The Morgan fingerprint density at radius 1 is 1.43 bits per heavy atom. The molecular formula is C14H22ClN3O3. The molecule has 0 radical (unpaired) electrons. The van der Waals surface area contributed by atoms with Gasteiger partial charge in [-0.1, -0.05) is 12.1 Å². The van der Waals surface area contributed by atoms with E-state index in [0.717, 1.165) is 31.7 Å². The average Bonchev–Trinajstić information content (AvgIpc) is 2.46. The topological polar surface area (TPSA) is 78.6 Å². The number of aryl methyl sites for hydroxylation is 1. The van der Waals surface area contributed by atoms with Crippen LogP contribution in [0.4, 0.5) is 5.69 Å². The van der Waals surface area contributed by atoms with Gasteiger partial charge in [0, 0.05) is 50.5 Å². The molecule has 1 saturated heterocycles. The van der Waals surface area contributed by atoms with Gasteiger partial charge in [0.05, 0.1) is 4.92 Å². The van der Waals surface area contributed by atoms with Crippen molar-refractivity contribution < 1.29 is 10.0 Å². The Bertz CT molecular complexity index is 479. The summed E-state index contributed by atoms with van der Waals surface area (Å²) in [4.78, 5) is 13.0. The monoisotopic (exact) mass is 315 g/mol. The zero-order valence-corrected chi connectivity index (χ0v) is 12.9. The van der Waals surface area contributed by atoms with Crippen LogP contribution in [0.3, 0.4) is 0 Å². The number of benzene rings is 1. The summed E-state index contributed by atoms with van der Waals surface area (Å²) in [7, 11) is 0. The van der Waals surface area contributed by atoms with Crippen LogP contribution in [0.15, 0.2) is 18.2 Å². The lowest BCUT2D eigenvalue weighted by Gasteiger charge is -2.35. The van der Waals surface area contributed by atoms with Gasteiger partial charge in [0.25, 0.3) is 5.69 Å². The molecule has 2 rings (SSSR count). The molecule has 1 aliphatic heterocycles. The number of nitrogens with one attached hydrogen (secondary N) is 1. The first-order valence-corrected chi connectivity index (χ1v) is 6.94. The molecule has 7 heteroatoms. The lowest BCUT2D eigenvalue weighted by Crippen LogP contribution is -2.45. The SMILES string of the molecule is Cc1ccc([C@@H](CCO)N2CCNCC2)cc1[N+](=O)[O-].Cl. The number of nitro benzene ring substituents is 1. The number of hydrogen-bond acceptors (Lipinski definition) is 5. The van der Waals surface area contributed by atoms with E-state index in [2.05, 4.69) is 10.2 Å². The van der Waals surface area contributed by atoms with Gasteiger partial charge in [-0.05, 0) is 18.9 Å². The van der Waals surface area contributed by atoms with Crippen LogP contribution in [-0.2, 0) is 0 Å². The van der Waals surface area contributed by atoms with Crippen LogP contribution in [0.5, 0.6) is 0 Å². The fourth-order valence-corrected chi connectivity index (χ4v) is 2.71. The Balaban J connectivity index is 0.00000220. The van der Waals surface area contributed by atoms with Crippen molar-refractivity contribution in [3.63, 3.8) is 0 Å². The van der Waals surface area contributed by atoms with Gasteiger partial charge in [-0.2, -0.15) is 0 Å². The first kappa shape index (κ1) is 17.8. The lowest BCUT2D eigenvalue weighted by atomic mass is 9.99. The number of rotatable bonds is 5. The predicted molar refractivity (Wildman–Crippen MR) is 84.0 cm³/mol. The van der Waals surface area contributed by atoms with Crippen LogP contribution in [0, 0.1) is 17.0 Å². The Morgan fingerprint density at radius 2 is 2.10 bits per heavy atom. The molecule has 0 spiro atoms. The van der Waals surface area contributed by atoms with E-state index < -0.39 is 0 Å².